The molecule has 1 unspecified atom stereocenters. The Morgan fingerprint density at radius 3 is 2.17 bits per heavy atom. The Bertz CT molecular complexity index is 222. The van der Waals surface area contributed by atoms with Crippen LogP contribution in [-0.2, 0) is 14.3 Å². The summed E-state index contributed by atoms with van der Waals surface area (Å²) in [5, 5.41) is 0. The summed E-state index contributed by atoms with van der Waals surface area (Å²) in [4.78, 5) is 22.0. The zero-order chi connectivity index (χ0) is 9.72. The highest BCUT2D eigenvalue weighted by Gasteiger charge is 2.29. The molecule has 0 aliphatic heterocycles. The number of terminal acetylenes is 1. The van der Waals surface area contributed by atoms with Crippen LogP contribution in [0.3, 0.4) is 0 Å². The van der Waals surface area contributed by atoms with E-state index < -0.39 is 17.7 Å². The van der Waals surface area contributed by atoms with E-state index in [0.717, 1.165) is 0 Å². The lowest BCUT2D eigenvalue weighted by Crippen LogP contribution is -2.28. The second kappa shape index (κ2) is 4.55. The molecular weight excluding hydrogens is 156 g/mol. The summed E-state index contributed by atoms with van der Waals surface area (Å²) in [5.41, 5.74) is 0. The highest BCUT2D eigenvalue weighted by Crippen LogP contribution is 2.13. The predicted molar refractivity (Wildman–Crippen MR) is 44.2 cm³/mol. The van der Waals surface area contributed by atoms with Gasteiger partial charge in [0, 0.05) is 0 Å². The molecule has 0 aliphatic rings. The third-order valence-electron chi connectivity index (χ3n) is 1.55. The van der Waals surface area contributed by atoms with Crippen LogP contribution in [0.4, 0.5) is 0 Å². The number of hydrogen-bond acceptors (Lipinski definition) is 3. The van der Waals surface area contributed by atoms with Crippen molar-refractivity contribution in [2.24, 2.45) is 11.8 Å². The van der Waals surface area contributed by atoms with Crippen molar-refractivity contribution in [3.63, 3.8) is 0 Å². The quantitative estimate of drug-likeness (QED) is 0.269. The molecule has 0 saturated carbocycles. The van der Waals surface area contributed by atoms with E-state index in [1.54, 1.807) is 13.8 Å². The van der Waals surface area contributed by atoms with Crippen LogP contribution >= 0.6 is 0 Å². The maximum atomic E-state index is 11.0. The summed E-state index contributed by atoms with van der Waals surface area (Å²) < 4.78 is 4.44. The van der Waals surface area contributed by atoms with Gasteiger partial charge in [-0.2, -0.15) is 0 Å². The largest absolute Gasteiger partial charge is 0.468 e. The minimum Gasteiger partial charge on any atom is -0.468 e. The van der Waals surface area contributed by atoms with Gasteiger partial charge in [0.05, 0.1) is 7.11 Å². The van der Waals surface area contributed by atoms with Crippen molar-refractivity contribution in [2.45, 2.75) is 13.8 Å². The normalized spacial score (nSPS) is 11.9. The maximum Gasteiger partial charge on any atom is 0.317 e. The third-order valence-corrected chi connectivity index (χ3v) is 1.55. The first-order chi connectivity index (χ1) is 5.54. The minimum atomic E-state index is -0.819. The number of carbonyl (C=O) groups is 2. The molecule has 0 aromatic heterocycles. The van der Waals surface area contributed by atoms with Crippen molar-refractivity contribution < 1.29 is 14.3 Å². The number of hydrogen-bond donors (Lipinski definition) is 0. The fourth-order valence-electron chi connectivity index (χ4n) is 0.899. The Hall–Kier alpha value is -1.30. The average molecular weight is 168 g/mol. The minimum absolute atomic E-state index is 0.124. The average Bonchev–Trinajstić information content (AvgIpc) is 2.03. The van der Waals surface area contributed by atoms with Gasteiger partial charge in [0.2, 0.25) is 5.78 Å². The highest BCUT2D eigenvalue weighted by atomic mass is 16.5. The lowest BCUT2D eigenvalue weighted by atomic mass is 9.92. The molecule has 12 heavy (non-hydrogen) atoms. The van der Waals surface area contributed by atoms with Crippen LogP contribution in [0.25, 0.3) is 0 Å². The van der Waals surface area contributed by atoms with E-state index in [1.807, 2.05) is 5.92 Å². The second-order valence-electron chi connectivity index (χ2n) is 2.75. The lowest BCUT2D eigenvalue weighted by Gasteiger charge is -2.13. The number of rotatable bonds is 3. The molecule has 1 atom stereocenters. The van der Waals surface area contributed by atoms with Crippen molar-refractivity contribution in [3.8, 4) is 12.3 Å². The first-order valence-electron chi connectivity index (χ1n) is 3.62. The van der Waals surface area contributed by atoms with Crippen LogP contribution in [0, 0.1) is 24.2 Å². The van der Waals surface area contributed by atoms with Crippen LogP contribution in [0.2, 0.25) is 0 Å². The number of carbonyl (C=O) groups excluding carboxylic acids is 2. The zero-order valence-electron chi connectivity index (χ0n) is 7.46. The molecule has 0 amide bonds. The number of methoxy groups -OCH3 is 1. The van der Waals surface area contributed by atoms with E-state index >= 15 is 0 Å². The van der Waals surface area contributed by atoms with E-state index in [9.17, 15) is 9.59 Å². The van der Waals surface area contributed by atoms with Gasteiger partial charge in [0.15, 0.2) is 0 Å². The summed E-state index contributed by atoms with van der Waals surface area (Å²) in [6, 6.07) is 0. The molecule has 0 aromatic rings. The number of esters is 1. The summed E-state index contributed by atoms with van der Waals surface area (Å²) in [6.45, 7) is 3.49. The molecule has 3 heteroatoms. The number of ether oxygens (including phenoxy) is 1. The first kappa shape index (κ1) is 10.7. The van der Waals surface area contributed by atoms with Crippen LogP contribution in [-0.4, -0.2) is 18.9 Å². The molecule has 0 N–H and O–H groups in total. The molecule has 0 bridgehead atoms. The SMILES string of the molecule is C#CC(=O)C(C(=O)OC)C(C)C. The van der Waals surface area contributed by atoms with Gasteiger partial charge in [-0.15, -0.1) is 6.42 Å². The zero-order valence-corrected chi connectivity index (χ0v) is 7.46. The van der Waals surface area contributed by atoms with Crippen LogP contribution in [0.15, 0.2) is 0 Å². The molecule has 66 valence electrons. The van der Waals surface area contributed by atoms with E-state index in [0.29, 0.717) is 0 Å². The molecule has 0 heterocycles. The molecule has 0 rings (SSSR count). The topological polar surface area (TPSA) is 43.4 Å². The summed E-state index contributed by atoms with van der Waals surface area (Å²) in [5.74, 6) is -0.101. The van der Waals surface area contributed by atoms with Crippen molar-refractivity contribution in [1.82, 2.24) is 0 Å². The van der Waals surface area contributed by atoms with Gasteiger partial charge in [-0.05, 0) is 11.8 Å². The maximum absolute atomic E-state index is 11.0. The van der Waals surface area contributed by atoms with Crippen LogP contribution in [0.5, 0.6) is 0 Å². The van der Waals surface area contributed by atoms with Gasteiger partial charge >= 0.3 is 5.97 Å². The van der Waals surface area contributed by atoms with Gasteiger partial charge in [-0.25, -0.2) is 0 Å². The fraction of sp³-hybridized carbons (Fsp3) is 0.556. The van der Waals surface area contributed by atoms with Gasteiger partial charge in [0.25, 0.3) is 0 Å². The van der Waals surface area contributed by atoms with Crippen molar-refractivity contribution in [3.05, 3.63) is 0 Å². The fourth-order valence-corrected chi connectivity index (χ4v) is 0.899. The molecule has 0 radical (unpaired) electrons. The second-order valence-corrected chi connectivity index (χ2v) is 2.75. The molecule has 0 fully saturated rings. The monoisotopic (exact) mass is 168 g/mol. The summed E-state index contributed by atoms with van der Waals surface area (Å²) in [7, 11) is 1.24. The van der Waals surface area contributed by atoms with E-state index in [2.05, 4.69) is 4.74 Å². The Kier molecular flexibility index (Phi) is 4.06. The van der Waals surface area contributed by atoms with Gasteiger partial charge in [0.1, 0.15) is 5.92 Å². The summed E-state index contributed by atoms with van der Waals surface area (Å²) >= 11 is 0. The molecule has 0 aliphatic carbocycles. The Morgan fingerprint density at radius 2 is 1.92 bits per heavy atom. The van der Waals surface area contributed by atoms with E-state index in [4.69, 9.17) is 6.42 Å². The van der Waals surface area contributed by atoms with Crippen molar-refractivity contribution in [2.75, 3.05) is 7.11 Å². The molecular formula is C9H12O3. The van der Waals surface area contributed by atoms with Gasteiger partial charge in [-0.3, -0.25) is 9.59 Å². The predicted octanol–water partition coefficient (Wildman–Crippen LogP) is 0.634. The van der Waals surface area contributed by atoms with E-state index in [1.165, 1.54) is 7.11 Å². The lowest BCUT2D eigenvalue weighted by molar-refractivity contribution is -0.149. The van der Waals surface area contributed by atoms with Gasteiger partial charge < -0.3 is 4.74 Å². The molecule has 3 nitrogen and oxygen atoms in total. The Morgan fingerprint density at radius 1 is 1.42 bits per heavy atom. The van der Waals surface area contributed by atoms with Crippen molar-refractivity contribution in [1.29, 1.82) is 0 Å². The standard InChI is InChI=1S/C9H12O3/c1-5-7(10)8(6(2)3)9(11)12-4/h1,6,8H,2-4H3. The van der Waals surface area contributed by atoms with E-state index in [-0.39, 0.29) is 5.92 Å². The number of Topliss-reactive ketones (excluding diaryl/α,β-unsaturated/α-hetero) is 1. The van der Waals surface area contributed by atoms with Crippen LogP contribution in [0.1, 0.15) is 13.8 Å². The highest BCUT2D eigenvalue weighted by molar-refractivity contribution is 6.08. The number of ketones is 1. The Balaban J connectivity index is 4.58. The van der Waals surface area contributed by atoms with Gasteiger partial charge in [-0.1, -0.05) is 13.8 Å². The third kappa shape index (κ3) is 2.39. The molecule has 0 aromatic carbocycles. The smallest absolute Gasteiger partial charge is 0.317 e. The van der Waals surface area contributed by atoms with Crippen LogP contribution < -0.4 is 0 Å². The Labute approximate surface area is 72.1 Å². The van der Waals surface area contributed by atoms with Crippen molar-refractivity contribution >= 4 is 11.8 Å². The first-order valence-corrected chi connectivity index (χ1v) is 3.62. The molecule has 0 saturated heterocycles. The summed E-state index contributed by atoms with van der Waals surface area (Å²) in [6.07, 6.45) is 4.90. The molecule has 0 spiro atoms.